The van der Waals surface area contributed by atoms with E-state index in [0.717, 1.165) is 38.6 Å². The molecule has 2 atom stereocenters. The largest absolute Gasteiger partial charge is 0.354 e. The Bertz CT molecular complexity index is 384. The van der Waals surface area contributed by atoms with Gasteiger partial charge >= 0.3 is 0 Å². The summed E-state index contributed by atoms with van der Waals surface area (Å²) in [4.78, 5) is 24.6. The quantitative estimate of drug-likeness (QED) is 0.792. The van der Waals surface area contributed by atoms with E-state index in [1.54, 1.807) is 0 Å². The van der Waals surface area contributed by atoms with Crippen LogP contribution in [0.15, 0.2) is 0 Å². The van der Waals surface area contributed by atoms with Crippen LogP contribution in [-0.4, -0.2) is 23.9 Å². The highest BCUT2D eigenvalue weighted by molar-refractivity contribution is 5.93. The number of rotatable bonds is 5. The minimum atomic E-state index is -0.603. The zero-order valence-corrected chi connectivity index (χ0v) is 11.7. The van der Waals surface area contributed by atoms with Crippen molar-refractivity contribution in [1.82, 2.24) is 10.6 Å². The van der Waals surface area contributed by atoms with E-state index in [0.29, 0.717) is 11.8 Å². The molecule has 106 valence electrons. The van der Waals surface area contributed by atoms with E-state index in [4.69, 9.17) is 0 Å². The summed E-state index contributed by atoms with van der Waals surface area (Å²) in [6.45, 7) is 2.88. The van der Waals surface area contributed by atoms with E-state index in [-0.39, 0.29) is 17.7 Å². The van der Waals surface area contributed by atoms with E-state index >= 15 is 0 Å². The first-order valence-electron chi connectivity index (χ1n) is 7.71. The summed E-state index contributed by atoms with van der Waals surface area (Å²) in [5, 5.41) is 6.13. The molecule has 0 aromatic heterocycles. The second kappa shape index (κ2) is 4.80. The van der Waals surface area contributed by atoms with E-state index in [9.17, 15) is 9.59 Å². The number of carbonyl (C=O) groups excluding carboxylic acids is 2. The smallest absolute Gasteiger partial charge is 0.245 e. The Balaban J connectivity index is 1.60. The van der Waals surface area contributed by atoms with Crippen molar-refractivity contribution >= 4 is 11.8 Å². The van der Waals surface area contributed by atoms with Crippen molar-refractivity contribution in [3.05, 3.63) is 0 Å². The summed E-state index contributed by atoms with van der Waals surface area (Å²) in [7, 11) is 0. The second-order valence-corrected chi connectivity index (χ2v) is 6.75. The highest BCUT2D eigenvalue weighted by Gasteiger charge is 2.47. The Kier molecular flexibility index (Phi) is 3.27. The van der Waals surface area contributed by atoms with Crippen LogP contribution in [0.2, 0.25) is 0 Å². The average molecular weight is 264 g/mol. The van der Waals surface area contributed by atoms with Gasteiger partial charge in [0.25, 0.3) is 0 Å². The maximum absolute atomic E-state index is 12.4. The number of nitrogens with one attached hydrogen (secondary N) is 2. The first-order valence-corrected chi connectivity index (χ1v) is 7.71. The van der Waals surface area contributed by atoms with Crippen molar-refractivity contribution in [3.8, 4) is 0 Å². The molecule has 2 amide bonds. The molecule has 3 rings (SSSR count). The minimum Gasteiger partial charge on any atom is -0.354 e. The lowest BCUT2D eigenvalue weighted by Crippen LogP contribution is -2.57. The molecular weight excluding hydrogens is 240 g/mol. The predicted molar refractivity (Wildman–Crippen MR) is 72.3 cm³/mol. The first kappa shape index (κ1) is 12.9. The van der Waals surface area contributed by atoms with Crippen LogP contribution in [0, 0.1) is 17.8 Å². The van der Waals surface area contributed by atoms with Gasteiger partial charge in [0.05, 0.1) is 0 Å². The highest BCUT2D eigenvalue weighted by atomic mass is 16.2. The van der Waals surface area contributed by atoms with E-state index in [1.807, 2.05) is 0 Å². The second-order valence-electron chi connectivity index (χ2n) is 6.75. The van der Waals surface area contributed by atoms with Gasteiger partial charge in [-0.05, 0) is 43.9 Å². The van der Waals surface area contributed by atoms with Crippen LogP contribution in [-0.2, 0) is 9.59 Å². The van der Waals surface area contributed by atoms with Crippen LogP contribution in [0.5, 0.6) is 0 Å². The lowest BCUT2D eigenvalue weighted by molar-refractivity contribution is -0.134. The third-order valence-electron chi connectivity index (χ3n) is 4.95. The fourth-order valence-corrected chi connectivity index (χ4v) is 3.13. The third-order valence-corrected chi connectivity index (χ3v) is 4.95. The molecular formula is C15H24N2O2. The van der Waals surface area contributed by atoms with E-state index in [1.165, 1.54) is 12.8 Å². The number of carbonyl (C=O) groups is 2. The fourth-order valence-electron chi connectivity index (χ4n) is 3.13. The zero-order valence-electron chi connectivity index (χ0n) is 11.7. The van der Waals surface area contributed by atoms with E-state index < -0.39 is 5.54 Å². The third kappa shape index (κ3) is 2.77. The van der Waals surface area contributed by atoms with Crippen molar-refractivity contribution in [2.75, 3.05) is 6.54 Å². The van der Waals surface area contributed by atoms with Crippen molar-refractivity contribution < 1.29 is 9.59 Å². The molecule has 0 spiro atoms. The van der Waals surface area contributed by atoms with Gasteiger partial charge in [0.2, 0.25) is 11.8 Å². The topological polar surface area (TPSA) is 58.2 Å². The number of hydrogen-bond acceptors (Lipinski definition) is 2. The minimum absolute atomic E-state index is 0.0542. The molecule has 0 heterocycles. The monoisotopic (exact) mass is 264 g/mol. The Morgan fingerprint density at radius 1 is 1.21 bits per heavy atom. The van der Waals surface area contributed by atoms with Gasteiger partial charge in [-0.15, -0.1) is 0 Å². The molecule has 0 unspecified atom stereocenters. The van der Waals surface area contributed by atoms with Crippen LogP contribution in [0.4, 0.5) is 0 Å². The van der Waals surface area contributed by atoms with Gasteiger partial charge in [0, 0.05) is 12.5 Å². The van der Waals surface area contributed by atoms with Gasteiger partial charge in [0.15, 0.2) is 0 Å². The number of amides is 2. The highest BCUT2D eigenvalue weighted by Crippen LogP contribution is 2.39. The maximum atomic E-state index is 12.4. The van der Waals surface area contributed by atoms with Crippen LogP contribution in [0.3, 0.4) is 0 Å². The fraction of sp³-hybridized carbons (Fsp3) is 0.867. The van der Waals surface area contributed by atoms with Gasteiger partial charge in [-0.2, -0.15) is 0 Å². The molecule has 0 aliphatic heterocycles. The lowest BCUT2D eigenvalue weighted by atomic mass is 9.95. The van der Waals surface area contributed by atoms with Crippen molar-refractivity contribution in [2.45, 2.75) is 57.4 Å². The van der Waals surface area contributed by atoms with Crippen molar-refractivity contribution in [2.24, 2.45) is 17.8 Å². The molecule has 19 heavy (non-hydrogen) atoms. The summed E-state index contributed by atoms with van der Waals surface area (Å²) in [6.07, 6.45) is 7.13. The van der Waals surface area contributed by atoms with Crippen molar-refractivity contribution in [3.63, 3.8) is 0 Å². The predicted octanol–water partition coefficient (Wildman–Crippen LogP) is 1.60. The van der Waals surface area contributed by atoms with Crippen molar-refractivity contribution in [1.29, 1.82) is 0 Å². The molecule has 4 nitrogen and oxygen atoms in total. The SMILES string of the molecule is C[C@@H]1C[C@H]1C(=O)NC1(C(=O)NCC2CC2)CCCC1. The molecule has 3 saturated carbocycles. The Labute approximate surface area is 114 Å². The van der Waals surface area contributed by atoms with Gasteiger partial charge in [0.1, 0.15) is 5.54 Å². The van der Waals surface area contributed by atoms with Crippen LogP contribution >= 0.6 is 0 Å². The molecule has 4 heteroatoms. The first-order chi connectivity index (χ1) is 9.11. The maximum Gasteiger partial charge on any atom is 0.245 e. The summed E-state index contributed by atoms with van der Waals surface area (Å²) in [5.74, 6) is 1.47. The van der Waals surface area contributed by atoms with Gasteiger partial charge in [-0.3, -0.25) is 9.59 Å². The summed E-state index contributed by atoms with van der Waals surface area (Å²) in [6, 6.07) is 0. The normalized spacial score (nSPS) is 31.8. The molecule has 0 bridgehead atoms. The zero-order chi connectivity index (χ0) is 13.5. The molecule has 0 aromatic carbocycles. The van der Waals surface area contributed by atoms with Crippen LogP contribution < -0.4 is 10.6 Å². The molecule has 3 aliphatic rings. The van der Waals surface area contributed by atoms with Gasteiger partial charge in [-0.1, -0.05) is 19.8 Å². The van der Waals surface area contributed by atoms with Gasteiger partial charge in [-0.25, -0.2) is 0 Å². The van der Waals surface area contributed by atoms with Crippen LogP contribution in [0.25, 0.3) is 0 Å². The van der Waals surface area contributed by atoms with Crippen LogP contribution in [0.1, 0.15) is 51.9 Å². The number of hydrogen-bond donors (Lipinski definition) is 2. The Morgan fingerprint density at radius 3 is 2.37 bits per heavy atom. The molecule has 0 saturated heterocycles. The van der Waals surface area contributed by atoms with Gasteiger partial charge < -0.3 is 10.6 Å². The Morgan fingerprint density at radius 2 is 1.84 bits per heavy atom. The average Bonchev–Trinajstić information content (AvgIpc) is 3.29. The molecule has 2 N–H and O–H groups in total. The molecule has 3 fully saturated rings. The standard InChI is InChI=1S/C15H24N2O2/c1-10-8-12(10)13(18)17-15(6-2-3-7-15)14(19)16-9-11-4-5-11/h10-12H,2-9H2,1H3,(H,16,19)(H,17,18)/t10-,12-/m1/s1. The van der Waals surface area contributed by atoms with E-state index in [2.05, 4.69) is 17.6 Å². The Hall–Kier alpha value is -1.06. The summed E-state index contributed by atoms with van der Waals surface area (Å²) < 4.78 is 0. The molecule has 0 radical (unpaired) electrons. The molecule has 3 aliphatic carbocycles. The summed E-state index contributed by atoms with van der Waals surface area (Å²) >= 11 is 0. The molecule has 0 aromatic rings. The lowest BCUT2D eigenvalue weighted by Gasteiger charge is -2.29. The summed E-state index contributed by atoms with van der Waals surface area (Å²) in [5.41, 5.74) is -0.603.